The molecule has 1 fully saturated rings. The molecule has 2 heterocycles. The number of nitrogens with zero attached hydrogens (tertiary/aromatic N) is 1. The minimum absolute atomic E-state index is 0.139. The van der Waals surface area contributed by atoms with Gasteiger partial charge in [-0.25, -0.2) is 4.57 Å². The van der Waals surface area contributed by atoms with Gasteiger partial charge >= 0.3 is 7.82 Å². The number of pyridine rings is 1. The number of carbonyl (C=O) groups excluding carboxylic acids is 1. The largest absolute Gasteiger partial charge is 0.475 e. The van der Waals surface area contributed by atoms with E-state index in [9.17, 15) is 19.6 Å². The Hall–Kier alpha value is -1.19. The van der Waals surface area contributed by atoms with Crippen LogP contribution in [0.4, 0.5) is 0 Å². The average molecular weight is 418 g/mol. The summed E-state index contributed by atoms with van der Waals surface area (Å²) in [5, 5.41) is 20.7. The van der Waals surface area contributed by atoms with Crippen molar-refractivity contribution in [3.05, 3.63) is 30.1 Å². The van der Waals surface area contributed by atoms with Gasteiger partial charge in [0.25, 0.3) is 6.23 Å². The van der Waals surface area contributed by atoms with Gasteiger partial charge in [0.05, 0.1) is 24.4 Å². The standard InChI is InChI=1S/C18H29NO8P/c1-11(2)26-28(23,27-12(3)4)24-10-15-16(21)17(22)18(25-15)19-8-6-7-14(9-19)13(5)20/h6-9,11-12,15-18,21-22H,10H2,1-5H3/q+1/t15-,16-,17-,18?/m1/s1. The number of phosphoric acid groups is 1. The van der Waals surface area contributed by atoms with Crippen molar-refractivity contribution in [2.75, 3.05) is 6.61 Å². The van der Waals surface area contributed by atoms with Crippen molar-refractivity contribution in [1.82, 2.24) is 0 Å². The van der Waals surface area contributed by atoms with Crippen LogP contribution < -0.4 is 4.57 Å². The summed E-state index contributed by atoms with van der Waals surface area (Å²) in [5.41, 5.74) is 0.438. The molecule has 28 heavy (non-hydrogen) atoms. The van der Waals surface area contributed by atoms with Crippen LogP contribution in [0.1, 0.15) is 51.2 Å². The van der Waals surface area contributed by atoms with Crippen LogP contribution in [0.3, 0.4) is 0 Å². The second-order valence-corrected chi connectivity index (χ2v) is 8.77. The van der Waals surface area contributed by atoms with E-state index >= 15 is 0 Å². The molecule has 158 valence electrons. The van der Waals surface area contributed by atoms with Crippen LogP contribution in [0.25, 0.3) is 0 Å². The lowest BCUT2D eigenvalue weighted by molar-refractivity contribution is -0.765. The summed E-state index contributed by atoms with van der Waals surface area (Å²) < 4.78 is 35.9. The van der Waals surface area contributed by atoms with Crippen molar-refractivity contribution in [3.8, 4) is 0 Å². The maximum atomic E-state index is 12.7. The van der Waals surface area contributed by atoms with Crippen LogP contribution in [-0.4, -0.2) is 53.1 Å². The number of carbonyl (C=O) groups is 1. The number of ether oxygens (including phenoxy) is 1. The number of rotatable bonds is 9. The van der Waals surface area contributed by atoms with Gasteiger partial charge in [0.1, 0.15) is 12.2 Å². The molecular formula is C18H29NO8P+. The molecule has 9 nitrogen and oxygen atoms in total. The molecule has 0 saturated carbocycles. The third-order valence-corrected chi connectivity index (χ3v) is 5.76. The molecule has 0 aromatic carbocycles. The first kappa shape index (κ1) is 23.1. The zero-order chi connectivity index (χ0) is 21.1. The Bertz CT molecular complexity index is 711. The Balaban J connectivity index is 2.10. The molecule has 1 aromatic heterocycles. The molecule has 1 aliphatic heterocycles. The number of ketones is 1. The van der Waals surface area contributed by atoms with Gasteiger partial charge in [-0.15, -0.1) is 0 Å². The second-order valence-electron chi connectivity index (χ2n) is 7.19. The fraction of sp³-hybridized carbons (Fsp3) is 0.667. The first-order valence-corrected chi connectivity index (χ1v) is 10.6. The highest BCUT2D eigenvalue weighted by Gasteiger charge is 2.49. The first-order chi connectivity index (χ1) is 13.0. The zero-order valence-electron chi connectivity index (χ0n) is 16.7. The molecule has 0 radical (unpaired) electrons. The quantitative estimate of drug-likeness (QED) is 0.354. The van der Waals surface area contributed by atoms with E-state index in [-0.39, 0.29) is 12.4 Å². The van der Waals surface area contributed by atoms with Gasteiger partial charge in [-0.1, -0.05) is 0 Å². The molecule has 10 heteroatoms. The minimum Gasteiger partial charge on any atom is -0.387 e. The lowest BCUT2D eigenvalue weighted by Gasteiger charge is -2.23. The van der Waals surface area contributed by atoms with Gasteiger partial charge in [0.2, 0.25) is 0 Å². The van der Waals surface area contributed by atoms with Crippen LogP contribution in [0.5, 0.6) is 0 Å². The fourth-order valence-electron chi connectivity index (χ4n) is 2.74. The Morgan fingerprint density at radius 1 is 1.21 bits per heavy atom. The van der Waals surface area contributed by atoms with Crippen molar-refractivity contribution < 1.29 is 42.4 Å². The van der Waals surface area contributed by atoms with Crippen molar-refractivity contribution in [2.24, 2.45) is 0 Å². The Labute approximate surface area is 164 Å². The second kappa shape index (κ2) is 9.54. The monoisotopic (exact) mass is 418 g/mol. The summed E-state index contributed by atoms with van der Waals surface area (Å²) in [6.45, 7) is 7.90. The molecule has 2 N–H and O–H groups in total. The molecule has 1 unspecified atom stereocenters. The molecule has 0 aliphatic carbocycles. The highest BCUT2D eigenvalue weighted by Crippen LogP contribution is 2.52. The Morgan fingerprint density at radius 2 is 1.82 bits per heavy atom. The highest BCUT2D eigenvalue weighted by molar-refractivity contribution is 7.48. The summed E-state index contributed by atoms with van der Waals surface area (Å²) in [6.07, 6.45) is -2.11. The van der Waals surface area contributed by atoms with Gasteiger partial charge in [0, 0.05) is 6.07 Å². The lowest BCUT2D eigenvalue weighted by atomic mass is 10.1. The van der Waals surface area contributed by atoms with Crippen molar-refractivity contribution in [1.29, 1.82) is 0 Å². The molecule has 0 spiro atoms. The fourth-order valence-corrected chi connectivity index (χ4v) is 4.27. The van der Waals surface area contributed by atoms with E-state index in [0.717, 1.165) is 0 Å². The van der Waals surface area contributed by atoms with Gasteiger partial charge in [0.15, 0.2) is 24.3 Å². The predicted molar refractivity (Wildman–Crippen MR) is 98.6 cm³/mol. The number of phosphoric ester groups is 1. The molecule has 1 aliphatic rings. The molecular weight excluding hydrogens is 389 g/mol. The van der Waals surface area contributed by atoms with Crippen LogP contribution >= 0.6 is 7.82 Å². The summed E-state index contributed by atoms with van der Waals surface area (Å²) in [6, 6.07) is 3.28. The van der Waals surface area contributed by atoms with E-state index in [1.165, 1.54) is 17.7 Å². The lowest BCUT2D eigenvalue weighted by Crippen LogP contribution is -2.46. The number of aliphatic hydroxyl groups is 2. The predicted octanol–water partition coefficient (Wildman–Crippen LogP) is 1.77. The van der Waals surface area contributed by atoms with Crippen molar-refractivity contribution >= 4 is 13.6 Å². The van der Waals surface area contributed by atoms with E-state index < -0.39 is 44.6 Å². The number of hydrogen-bond donors (Lipinski definition) is 2. The molecule has 4 atom stereocenters. The van der Waals surface area contributed by atoms with Crippen LogP contribution in [0.2, 0.25) is 0 Å². The van der Waals surface area contributed by atoms with E-state index in [1.54, 1.807) is 46.0 Å². The molecule has 0 amide bonds. The maximum Gasteiger partial charge on any atom is 0.475 e. The molecule has 1 aromatic rings. The molecule has 2 rings (SSSR count). The van der Waals surface area contributed by atoms with Gasteiger partial charge in [-0.2, -0.15) is 4.57 Å². The normalized spacial score (nSPS) is 25.6. The third kappa shape index (κ3) is 5.90. The number of Topliss-reactive ketones (excluding diaryl/α,β-unsaturated/α-hetero) is 1. The molecule has 1 saturated heterocycles. The van der Waals surface area contributed by atoms with Gasteiger partial charge < -0.3 is 14.9 Å². The van der Waals surface area contributed by atoms with Crippen LogP contribution in [0.15, 0.2) is 24.5 Å². The Morgan fingerprint density at radius 3 is 2.36 bits per heavy atom. The summed E-state index contributed by atoms with van der Waals surface area (Å²) in [4.78, 5) is 11.6. The maximum absolute atomic E-state index is 12.7. The van der Waals surface area contributed by atoms with Crippen LogP contribution in [0, 0.1) is 0 Å². The first-order valence-electron chi connectivity index (χ1n) is 9.17. The summed E-state index contributed by atoms with van der Waals surface area (Å²) >= 11 is 0. The van der Waals surface area contributed by atoms with E-state index in [4.69, 9.17) is 18.3 Å². The number of aliphatic hydroxyl groups excluding tert-OH is 2. The molecule has 0 bridgehead atoms. The van der Waals surface area contributed by atoms with Crippen LogP contribution in [-0.2, 0) is 22.9 Å². The smallest absolute Gasteiger partial charge is 0.387 e. The minimum atomic E-state index is -3.87. The van der Waals surface area contributed by atoms with E-state index in [0.29, 0.717) is 5.56 Å². The average Bonchev–Trinajstić information content (AvgIpc) is 2.87. The van der Waals surface area contributed by atoms with Gasteiger partial charge in [-0.05, 0) is 40.7 Å². The highest BCUT2D eigenvalue weighted by atomic mass is 31.2. The number of aromatic nitrogens is 1. The van der Waals surface area contributed by atoms with Gasteiger partial charge in [-0.3, -0.25) is 18.4 Å². The van der Waals surface area contributed by atoms with Crippen molar-refractivity contribution in [3.63, 3.8) is 0 Å². The SMILES string of the molecule is CC(=O)c1ccc[n+](C2O[C@H](COP(=O)(OC(C)C)OC(C)C)[C@@H](O)[C@H]2O)c1. The van der Waals surface area contributed by atoms with E-state index in [1.807, 2.05) is 0 Å². The number of hydrogen-bond acceptors (Lipinski definition) is 8. The summed E-state index contributed by atoms with van der Waals surface area (Å²) in [7, 11) is -3.87. The van der Waals surface area contributed by atoms with E-state index in [2.05, 4.69) is 0 Å². The topological polar surface area (TPSA) is 115 Å². The summed E-state index contributed by atoms with van der Waals surface area (Å²) in [5.74, 6) is -0.139. The van der Waals surface area contributed by atoms with Crippen molar-refractivity contribution in [2.45, 2.75) is 71.4 Å². The Kier molecular flexibility index (Phi) is 7.87. The zero-order valence-corrected chi connectivity index (χ0v) is 17.6. The third-order valence-electron chi connectivity index (χ3n) is 3.94.